The number of aromatic amines is 1. The highest BCUT2D eigenvalue weighted by molar-refractivity contribution is 6.02. The molecule has 0 spiro atoms. The lowest BCUT2D eigenvalue weighted by molar-refractivity contribution is -0.121. The molecule has 0 unspecified atom stereocenters. The Morgan fingerprint density at radius 1 is 1.03 bits per heavy atom. The van der Waals surface area contributed by atoms with E-state index in [2.05, 4.69) is 25.8 Å². The lowest BCUT2D eigenvalue weighted by atomic mass is 10.0. The zero-order valence-electron chi connectivity index (χ0n) is 16.7. The van der Waals surface area contributed by atoms with Crippen LogP contribution in [0.5, 0.6) is 0 Å². The van der Waals surface area contributed by atoms with Gasteiger partial charge >= 0.3 is 6.01 Å². The fraction of sp³-hybridized carbons (Fsp3) is 0.227. The quantitative estimate of drug-likeness (QED) is 0.437. The first-order valence-corrected chi connectivity index (χ1v) is 10.1. The van der Waals surface area contributed by atoms with Gasteiger partial charge in [0.05, 0.1) is 16.8 Å². The molecule has 0 saturated carbocycles. The van der Waals surface area contributed by atoms with Crippen LogP contribution in [0.1, 0.15) is 19.3 Å². The first-order chi connectivity index (χ1) is 15.5. The van der Waals surface area contributed by atoms with E-state index in [4.69, 9.17) is 4.42 Å². The average molecular weight is 441 g/mol. The number of hydrogen-bond donors (Lipinski definition) is 3. The molecule has 4 aromatic rings. The van der Waals surface area contributed by atoms with Crippen LogP contribution < -0.4 is 10.6 Å². The monoisotopic (exact) mass is 441 g/mol. The molecule has 164 valence electrons. The molecular weight excluding hydrogens is 423 g/mol. The molecule has 1 fully saturated rings. The van der Waals surface area contributed by atoms with Gasteiger partial charge in [-0.3, -0.25) is 4.79 Å². The summed E-state index contributed by atoms with van der Waals surface area (Å²) in [6.45, 7) is 0.611. The second kappa shape index (κ2) is 8.03. The summed E-state index contributed by atoms with van der Waals surface area (Å²) in [4.78, 5) is 15.1. The van der Waals surface area contributed by atoms with E-state index < -0.39 is 23.5 Å². The van der Waals surface area contributed by atoms with E-state index in [-0.39, 0.29) is 34.3 Å². The Kier molecular flexibility index (Phi) is 5.04. The highest BCUT2D eigenvalue weighted by Gasteiger charge is 2.25. The number of carbonyl (C=O) groups excluding carboxylic acids is 1. The number of amides is 1. The summed E-state index contributed by atoms with van der Waals surface area (Å²) in [7, 11) is 0. The number of carbonyl (C=O) groups is 1. The Balaban J connectivity index is 1.59. The van der Waals surface area contributed by atoms with Gasteiger partial charge in [0.1, 0.15) is 23.5 Å². The maximum Gasteiger partial charge on any atom is 0.316 e. The molecule has 1 amide bonds. The highest BCUT2D eigenvalue weighted by atomic mass is 19.1. The van der Waals surface area contributed by atoms with Crippen molar-refractivity contribution in [2.24, 2.45) is 0 Å². The number of aromatic nitrogens is 3. The minimum absolute atomic E-state index is 0.00268. The van der Waals surface area contributed by atoms with Gasteiger partial charge in [0, 0.05) is 18.0 Å². The largest absolute Gasteiger partial charge is 0.403 e. The van der Waals surface area contributed by atoms with Gasteiger partial charge in [-0.15, -0.1) is 5.10 Å². The lowest BCUT2D eigenvalue weighted by Gasteiger charge is -2.12. The van der Waals surface area contributed by atoms with Crippen LogP contribution in [0.2, 0.25) is 0 Å². The summed E-state index contributed by atoms with van der Waals surface area (Å²) in [5, 5.41) is 13.9. The number of nitrogens with one attached hydrogen (secondary N) is 3. The summed E-state index contributed by atoms with van der Waals surface area (Å²) in [5.74, 6) is -2.16. The van der Waals surface area contributed by atoms with Gasteiger partial charge in [-0.2, -0.15) is 0 Å². The summed E-state index contributed by atoms with van der Waals surface area (Å²) in [6, 6.07) is 6.93. The van der Waals surface area contributed by atoms with Gasteiger partial charge in [0.25, 0.3) is 5.89 Å². The zero-order chi connectivity index (χ0) is 22.2. The second-order valence-corrected chi connectivity index (χ2v) is 7.59. The van der Waals surface area contributed by atoms with E-state index in [1.807, 2.05) is 0 Å². The van der Waals surface area contributed by atoms with Gasteiger partial charge in [0.15, 0.2) is 0 Å². The van der Waals surface area contributed by atoms with Crippen molar-refractivity contribution < 1.29 is 22.4 Å². The van der Waals surface area contributed by atoms with Crippen molar-refractivity contribution in [1.29, 1.82) is 0 Å². The molecule has 1 aliphatic rings. The van der Waals surface area contributed by atoms with Crippen LogP contribution >= 0.6 is 0 Å². The van der Waals surface area contributed by atoms with E-state index in [1.54, 1.807) is 0 Å². The maximum atomic E-state index is 14.5. The fourth-order valence-corrected chi connectivity index (χ4v) is 3.88. The molecule has 2 aromatic heterocycles. The van der Waals surface area contributed by atoms with Crippen LogP contribution in [0.3, 0.4) is 0 Å². The van der Waals surface area contributed by atoms with E-state index in [9.17, 15) is 18.0 Å². The molecule has 5 rings (SSSR count). The number of nitrogens with zero attached hydrogens (tertiary/aromatic N) is 2. The van der Waals surface area contributed by atoms with Crippen molar-refractivity contribution in [2.45, 2.75) is 25.3 Å². The average Bonchev–Trinajstić information content (AvgIpc) is 3.31. The fourth-order valence-electron chi connectivity index (χ4n) is 3.88. The molecule has 0 bridgehead atoms. The summed E-state index contributed by atoms with van der Waals surface area (Å²) in [6.07, 6.45) is 2.34. The van der Waals surface area contributed by atoms with Crippen LogP contribution in [0.25, 0.3) is 33.6 Å². The van der Waals surface area contributed by atoms with E-state index in [1.165, 1.54) is 24.3 Å². The molecule has 7 nitrogen and oxygen atoms in total. The Labute approximate surface area is 180 Å². The van der Waals surface area contributed by atoms with E-state index >= 15 is 0 Å². The lowest BCUT2D eigenvalue weighted by Crippen LogP contribution is -2.37. The van der Waals surface area contributed by atoms with Gasteiger partial charge in [0.2, 0.25) is 5.91 Å². The molecule has 0 aliphatic carbocycles. The Morgan fingerprint density at radius 3 is 2.66 bits per heavy atom. The molecular formula is C22H18F3N5O2. The van der Waals surface area contributed by atoms with E-state index in [0.29, 0.717) is 24.2 Å². The Morgan fingerprint density at radius 2 is 1.84 bits per heavy atom. The molecule has 2 aromatic carbocycles. The zero-order valence-corrected chi connectivity index (χ0v) is 16.7. The van der Waals surface area contributed by atoms with Crippen LogP contribution in [-0.4, -0.2) is 33.7 Å². The van der Waals surface area contributed by atoms with Crippen LogP contribution in [-0.2, 0) is 4.79 Å². The molecule has 1 saturated heterocycles. The normalized spacial score (nSPS) is 16.7. The van der Waals surface area contributed by atoms with Crippen molar-refractivity contribution in [2.75, 3.05) is 11.9 Å². The first-order valence-electron chi connectivity index (χ1n) is 10.1. The van der Waals surface area contributed by atoms with Crippen molar-refractivity contribution in [3.8, 4) is 22.7 Å². The van der Waals surface area contributed by atoms with Crippen LogP contribution in [0.15, 0.2) is 40.8 Å². The second-order valence-electron chi connectivity index (χ2n) is 7.59. The summed E-state index contributed by atoms with van der Waals surface area (Å²) < 4.78 is 47.7. The van der Waals surface area contributed by atoms with Crippen molar-refractivity contribution in [1.82, 2.24) is 20.5 Å². The predicted octanol–water partition coefficient (Wildman–Crippen LogP) is 4.38. The molecule has 1 aliphatic heterocycles. The van der Waals surface area contributed by atoms with Crippen LogP contribution in [0, 0.1) is 17.5 Å². The van der Waals surface area contributed by atoms with E-state index in [0.717, 1.165) is 25.0 Å². The number of fused-ring (bicyclic) bond motifs is 1. The third-order valence-electron chi connectivity index (χ3n) is 5.43. The number of benzene rings is 2. The molecule has 3 N–H and O–H groups in total. The third kappa shape index (κ3) is 3.68. The number of halogens is 3. The van der Waals surface area contributed by atoms with Gasteiger partial charge in [-0.25, -0.2) is 13.2 Å². The highest BCUT2D eigenvalue weighted by Crippen LogP contribution is 2.39. The maximum absolute atomic E-state index is 14.5. The molecule has 1 atom stereocenters. The number of hydrogen-bond acceptors (Lipinski definition) is 5. The number of anilines is 1. The molecule has 0 radical (unpaired) electrons. The Bertz CT molecular complexity index is 1300. The molecule has 3 heterocycles. The van der Waals surface area contributed by atoms with Gasteiger partial charge in [-0.05, 0) is 55.2 Å². The SMILES string of the molecule is O=C1NCCCC[C@H]1Nc1nnc(-c2c(-c3ccc(F)cc3)[nH]c3c(F)cc(F)cc23)o1. The minimum Gasteiger partial charge on any atom is -0.403 e. The number of H-pyrrole nitrogens is 1. The Hall–Kier alpha value is -3.82. The van der Waals surface area contributed by atoms with Crippen molar-refractivity contribution >= 4 is 22.8 Å². The summed E-state index contributed by atoms with van der Waals surface area (Å²) in [5.41, 5.74) is 1.22. The van der Waals surface area contributed by atoms with Gasteiger partial charge < -0.3 is 20.0 Å². The standard InChI is InChI=1S/C22H18F3N5O2/c23-12-6-4-11(5-7-12)18-17(14-9-13(24)10-15(25)19(14)28-18)21-29-30-22(32-21)27-16-3-1-2-8-26-20(16)31/h4-7,9-10,16,28H,1-3,8H2,(H,26,31)(H,27,30)/t16-/m1/s1. The third-order valence-corrected chi connectivity index (χ3v) is 5.43. The number of rotatable bonds is 4. The van der Waals surface area contributed by atoms with Crippen molar-refractivity contribution in [3.63, 3.8) is 0 Å². The predicted molar refractivity (Wildman–Crippen MR) is 111 cm³/mol. The van der Waals surface area contributed by atoms with Crippen LogP contribution in [0.4, 0.5) is 19.2 Å². The minimum atomic E-state index is -0.789. The molecule has 10 heteroatoms. The molecule has 32 heavy (non-hydrogen) atoms. The first kappa shape index (κ1) is 20.1. The smallest absolute Gasteiger partial charge is 0.316 e. The van der Waals surface area contributed by atoms with Crippen molar-refractivity contribution in [3.05, 3.63) is 53.8 Å². The summed E-state index contributed by atoms with van der Waals surface area (Å²) >= 11 is 0. The topological polar surface area (TPSA) is 95.8 Å². The van der Waals surface area contributed by atoms with Gasteiger partial charge in [-0.1, -0.05) is 5.10 Å².